The van der Waals surface area contributed by atoms with Crippen LogP contribution in [0.25, 0.3) is 0 Å². The monoisotopic (exact) mass is 440 g/mol. The van der Waals surface area contributed by atoms with Gasteiger partial charge in [0.2, 0.25) is 0 Å². The quantitative estimate of drug-likeness (QED) is 0.187. The third-order valence-corrected chi connectivity index (χ3v) is 4.51. The molecule has 2 aromatic carbocycles. The number of aryl methyl sites for hydroxylation is 1. The van der Waals surface area contributed by atoms with Gasteiger partial charge in [-0.1, -0.05) is 60.2 Å². The molecule has 0 saturated heterocycles. The van der Waals surface area contributed by atoms with E-state index in [1.54, 1.807) is 0 Å². The van der Waals surface area contributed by atoms with Crippen LogP contribution in [0.1, 0.15) is 44.4 Å². The SMILES string of the molecule is CCNC(NCC)=[NH+]CC[NH+]=C(NCC)NCC.Cc1ccc(Cc2ccccc2)cc1. The molecule has 0 atom stereocenters. The fraction of sp³-hybridized carbons (Fsp3) is 0.462. The Balaban J connectivity index is 0.000000328. The summed E-state index contributed by atoms with van der Waals surface area (Å²) in [4.78, 5) is 6.65. The smallest absolute Gasteiger partial charge is 0.278 e. The summed E-state index contributed by atoms with van der Waals surface area (Å²) in [6.45, 7) is 15.8. The van der Waals surface area contributed by atoms with Crippen LogP contribution in [0, 0.1) is 6.92 Å². The molecule has 0 fully saturated rings. The normalized spacial score (nSPS) is 9.66. The zero-order valence-corrected chi connectivity index (χ0v) is 20.6. The summed E-state index contributed by atoms with van der Waals surface area (Å²) < 4.78 is 0. The molecule has 0 spiro atoms. The molecule has 0 aromatic heterocycles. The van der Waals surface area contributed by atoms with Gasteiger partial charge in [-0.15, -0.1) is 0 Å². The predicted octanol–water partition coefficient (Wildman–Crippen LogP) is -0.117. The average Bonchev–Trinajstić information content (AvgIpc) is 2.80. The highest BCUT2D eigenvalue weighted by molar-refractivity contribution is 5.74. The second-order valence-corrected chi connectivity index (χ2v) is 7.37. The molecule has 0 amide bonds. The first-order valence-corrected chi connectivity index (χ1v) is 11.9. The number of hydrogen-bond acceptors (Lipinski definition) is 0. The Bertz CT molecular complexity index is 727. The van der Waals surface area contributed by atoms with E-state index >= 15 is 0 Å². The number of nitrogens with one attached hydrogen (secondary N) is 6. The standard InChI is InChI=1S/C14H14.C12H28N6/c1-12-7-9-14(10-8-12)11-13-5-3-2-4-6-13;1-5-13-11(14-6-2)17-9-10-18-12(15-7-3)16-8-4/h2-10H,11H2,1H3;5-10H2,1-4H3,(H2,13,14,17)(H2,15,16,18)/p+2. The lowest BCUT2D eigenvalue weighted by atomic mass is 10.0. The van der Waals surface area contributed by atoms with Crippen LogP contribution in [-0.2, 0) is 6.42 Å². The van der Waals surface area contributed by atoms with E-state index in [9.17, 15) is 0 Å². The summed E-state index contributed by atoms with van der Waals surface area (Å²) >= 11 is 0. The van der Waals surface area contributed by atoms with Crippen molar-refractivity contribution in [3.63, 3.8) is 0 Å². The highest BCUT2D eigenvalue weighted by Crippen LogP contribution is 2.09. The van der Waals surface area contributed by atoms with Gasteiger partial charge < -0.3 is 0 Å². The van der Waals surface area contributed by atoms with E-state index in [4.69, 9.17) is 0 Å². The lowest BCUT2D eigenvalue weighted by Gasteiger charge is -2.03. The zero-order valence-electron chi connectivity index (χ0n) is 20.6. The number of guanidine groups is 2. The van der Waals surface area contributed by atoms with Gasteiger partial charge in [0, 0.05) is 0 Å². The maximum Gasteiger partial charge on any atom is 0.343 e. The molecular formula is C26H44N6+2. The van der Waals surface area contributed by atoms with Crippen LogP contribution >= 0.6 is 0 Å². The van der Waals surface area contributed by atoms with Gasteiger partial charge in [0.1, 0.15) is 0 Å². The molecule has 6 heteroatoms. The van der Waals surface area contributed by atoms with Crippen molar-refractivity contribution in [3.8, 4) is 0 Å². The van der Waals surface area contributed by atoms with Crippen molar-refractivity contribution in [1.82, 2.24) is 21.3 Å². The molecule has 0 radical (unpaired) electrons. The zero-order chi connectivity index (χ0) is 23.4. The molecule has 0 bridgehead atoms. The second-order valence-electron chi connectivity index (χ2n) is 7.37. The Morgan fingerprint density at radius 1 is 0.594 bits per heavy atom. The first-order chi connectivity index (χ1) is 15.6. The van der Waals surface area contributed by atoms with Crippen LogP contribution in [0.5, 0.6) is 0 Å². The molecule has 176 valence electrons. The number of rotatable bonds is 9. The van der Waals surface area contributed by atoms with Gasteiger partial charge in [0.25, 0.3) is 0 Å². The maximum absolute atomic E-state index is 3.32. The van der Waals surface area contributed by atoms with E-state index in [0.29, 0.717) is 0 Å². The van der Waals surface area contributed by atoms with E-state index in [0.717, 1.165) is 57.6 Å². The van der Waals surface area contributed by atoms with Crippen molar-refractivity contribution in [2.75, 3.05) is 39.3 Å². The second kappa shape index (κ2) is 17.6. The molecule has 2 rings (SSSR count). The van der Waals surface area contributed by atoms with Crippen molar-refractivity contribution in [3.05, 3.63) is 71.3 Å². The lowest BCUT2D eigenvalue weighted by molar-refractivity contribution is -0.542. The topological polar surface area (TPSA) is 76.1 Å². The molecule has 0 saturated carbocycles. The van der Waals surface area contributed by atoms with Gasteiger partial charge >= 0.3 is 11.9 Å². The highest BCUT2D eigenvalue weighted by atomic mass is 15.2. The summed E-state index contributed by atoms with van der Waals surface area (Å²) in [6, 6.07) is 19.3. The molecule has 0 aliphatic carbocycles. The van der Waals surface area contributed by atoms with Gasteiger partial charge in [-0.25, -0.2) is 0 Å². The Labute approximate surface area is 195 Å². The van der Waals surface area contributed by atoms with E-state index < -0.39 is 0 Å². The summed E-state index contributed by atoms with van der Waals surface area (Å²) in [7, 11) is 0. The van der Waals surface area contributed by atoms with Gasteiger partial charge in [-0.3, -0.25) is 31.3 Å². The number of benzene rings is 2. The van der Waals surface area contributed by atoms with Gasteiger partial charge in [0.05, 0.1) is 39.3 Å². The molecule has 0 heterocycles. The minimum atomic E-state index is 0.857. The van der Waals surface area contributed by atoms with Crippen molar-refractivity contribution in [2.45, 2.75) is 41.0 Å². The van der Waals surface area contributed by atoms with E-state index in [1.807, 2.05) is 0 Å². The van der Waals surface area contributed by atoms with Crippen LogP contribution < -0.4 is 31.3 Å². The summed E-state index contributed by atoms with van der Waals surface area (Å²) in [5.41, 5.74) is 4.07. The van der Waals surface area contributed by atoms with Gasteiger partial charge in [-0.05, 0) is 52.2 Å². The molecule has 0 aliphatic heterocycles. The van der Waals surface area contributed by atoms with Crippen LogP contribution in [0.2, 0.25) is 0 Å². The van der Waals surface area contributed by atoms with Gasteiger partial charge in [-0.2, -0.15) is 0 Å². The van der Waals surface area contributed by atoms with Crippen LogP contribution in [0.3, 0.4) is 0 Å². The highest BCUT2D eigenvalue weighted by Gasteiger charge is 2.02. The minimum Gasteiger partial charge on any atom is -0.278 e. The van der Waals surface area contributed by atoms with Crippen LogP contribution in [0.4, 0.5) is 0 Å². The predicted molar refractivity (Wildman–Crippen MR) is 137 cm³/mol. The van der Waals surface area contributed by atoms with Crippen molar-refractivity contribution in [1.29, 1.82) is 0 Å². The Morgan fingerprint density at radius 3 is 1.41 bits per heavy atom. The Hall–Kier alpha value is -3.02. The number of hydrogen-bond donors (Lipinski definition) is 6. The Morgan fingerprint density at radius 2 is 1.00 bits per heavy atom. The third-order valence-electron chi connectivity index (χ3n) is 4.51. The van der Waals surface area contributed by atoms with E-state index in [1.165, 1.54) is 16.7 Å². The van der Waals surface area contributed by atoms with E-state index in [2.05, 4.69) is 120 Å². The molecule has 32 heavy (non-hydrogen) atoms. The molecule has 6 nitrogen and oxygen atoms in total. The summed E-state index contributed by atoms with van der Waals surface area (Å²) in [5.74, 6) is 1.99. The van der Waals surface area contributed by atoms with Crippen molar-refractivity contribution >= 4 is 11.9 Å². The molecule has 0 aliphatic rings. The van der Waals surface area contributed by atoms with Crippen LogP contribution in [-0.4, -0.2) is 51.2 Å². The molecular weight excluding hydrogens is 396 g/mol. The van der Waals surface area contributed by atoms with Crippen molar-refractivity contribution < 1.29 is 9.98 Å². The minimum absolute atomic E-state index is 0.857. The maximum atomic E-state index is 3.32. The third kappa shape index (κ3) is 12.6. The van der Waals surface area contributed by atoms with Crippen molar-refractivity contribution in [2.24, 2.45) is 0 Å². The summed E-state index contributed by atoms with van der Waals surface area (Å²) in [5, 5.41) is 13.0. The average molecular weight is 441 g/mol. The fourth-order valence-corrected chi connectivity index (χ4v) is 2.99. The first-order valence-electron chi connectivity index (χ1n) is 11.9. The Kier molecular flexibility index (Phi) is 14.9. The molecule has 2 aromatic rings. The largest absolute Gasteiger partial charge is 0.343 e. The first kappa shape index (κ1) is 27.0. The fourth-order valence-electron chi connectivity index (χ4n) is 2.99. The lowest BCUT2D eigenvalue weighted by Crippen LogP contribution is -2.88. The van der Waals surface area contributed by atoms with Gasteiger partial charge in [0.15, 0.2) is 0 Å². The summed E-state index contributed by atoms with van der Waals surface area (Å²) in [6.07, 6.45) is 1.03. The molecule has 6 N–H and O–H groups in total. The van der Waals surface area contributed by atoms with E-state index in [-0.39, 0.29) is 0 Å². The van der Waals surface area contributed by atoms with Crippen LogP contribution in [0.15, 0.2) is 54.6 Å². The molecule has 0 unspecified atom stereocenters.